The fourth-order valence-electron chi connectivity index (χ4n) is 0.876. The van der Waals surface area contributed by atoms with Crippen molar-refractivity contribution >= 4 is 31.9 Å². The van der Waals surface area contributed by atoms with Gasteiger partial charge in [-0.2, -0.15) is 8.78 Å². The lowest BCUT2D eigenvalue weighted by Crippen LogP contribution is -2.16. The number of hydrogen-bond acceptors (Lipinski definition) is 1. The molecule has 0 amide bonds. The van der Waals surface area contributed by atoms with Crippen molar-refractivity contribution in [1.29, 1.82) is 0 Å². The smallest absolute Gasteiger partial charge is 0.422 e. The number of benzene rings is 1. The molecule has 0 spiro atoms. The molecule has 1 rings (SSSR count). The van der Waals surface area contributed by atoms with Gasteiger partial charge in [0.05, 0.1) is 4.47 Å². The van der Waals surface area contributed by atoms with E-state index in [9.17, 15) is 13.2 Å². The third-order valence-corrected chi connectivity index (χ3v) is 2.30. The lowest BCUT2D eigenvalue weighted by atomic mass is 10.2. The Hall–Kier alpha value is -0.230. The van der Waals surface area contributed by atoms with E-state index >= 15 is 0 Å². The number of alkyl halides is 3. The summed E-state index contributed by atoms with van der Waals surface area (Å²) < 4.78 is 42.4. The van der Waals surface area contributed by atoms with Crippen molar-refractivity contribution in [3.05, 3.63) is 28.0 Å². The van der Waals surface area contributed by atoms with Crippen molar-refractivity contribution in [1.82, 2.24) is 0 Å². The van der Waals surface area contributed by atoms with Gasteiger partial charge in [0.1, 0.15) is 11.6 Å². The third-order valence-electron chi connectivity index (χ3n) is 1.51. The van der Waals surface area contributed by atoms with Gasteiger partial charge in [0.25, 0.3) is 0 Å². The van der Waals surface area contributed by atoms with E-state index in [1.165, 1.54) is 19.1 Å². The summed E-state index contributed by atoms with van der Waals surface area (Å²) in [5.41, 5.74) is 0.0264. The molecular formula is C8H5Br2F3O. The second kappa shape index (κ2) is 4.10. The van der Waals surface area contributed by atoms with Crippen molar-refractivity contribution in [2.75, 3.05) is 0 Å². The predicted molar refractivity (Wildman–Crippen MR) is 53.3 cm³/mol. The van der Waals surface area contributed by atoms with Crippen molar-refractivity contribution in [2.45, 2.75) is 11.9 Å². The molecule has 0 fully saturated rings. The quantitative estimate of drug-likeness (QED) is 0.736. The van der Waals surface area contributed by atoms with Crippen LogP contribution in [0.15, 0.2) is 16.6 Å². The molecule has 14 heavy (non-hydrogen) atoms. The Morgan fingerprint density at radius 1 is 1.36 bits per heavy atom. The van der Waals surface area contributed by atoms with E-state index in [0.29, 0.717) is 0 Å². The van der Waals surface area contributed by atoms with Crippen molar-refractivity contribution in [3.63, 3.8) is 0 Å². The molecule has 0 aliphatic rings. The van der Waals surface area contributed by atoms with Crippen LogP contribution >= 0.6 is 31.9 Å². The Bertz CT molecular complexity index is 349. The van der Waals surface area contributed by atoms with Gasteiger partial charge >= 0.3 is 5.02 Å². The molecule has 0 unspecified atom stereocenters. The maximum atomic E-state index is 13.0. The average Bonchev–Trinajstić information content (AvgIpc) is 2.04. The van der Waals surface area contributed by atoms with Crippen molar-refractivity contribution < 1.29 is 17.9 Å². The van der Waals surface area contributed by atoms with Crippen LogP contribution in [0.1, 0.15) is 5.56 Å². The van der Waals surface area contributed by atoms with E-state index in [1.807, 2.05) is 15.9 Å². The Kier molecular flexibility index (Phi) is 3.47. The van der Waals surface area contributed by atoms with E-state index in [4.69, 9.17) is 0 Å². The molecule has 1 aromatic carbocycles. The molecule has 1 nitrogen and oxygen atoms in total. The molecule has 0 N–H and O–H groups in total. The summed E-state index contributed by atoms with van der Waals surface area (Å²) in [5.74, 6) is -0.813. The summed E-state index contributed by atoms with van der Waals surface area (Å²) in [6.45, 7) is 1.36. The van der Waals surface area contributed by atoms with Gasteiger partial charge in [0.2, 0.25) is 0 Å². The molecule has 0 atom stereocenters. The summed E-state index contributed by atoms with van der Waals surface area (Å²) >= 11 is 5.00. The van der Waals surface area contributed by atoms with Crippen LogP contribution in [0.2, 0.25) is 0 Å². The molecule has 0 heterocycles. The second-order valence-electron chi connectivity index (χ2n) is 2.53. The first-order chi connectivity index (χ1) is 6.31. The summed E-state index contributed by atoms with van der Waals surface area (Å²) in [5, 5.41) is -3.51. The topological polar surface area (TPSA) is 9.23 Å². The fraction of sp³-hybridized carbons (Fsp3) is 0.250. The molecule has 0 aromatic heterocycles. The maximum Gasteiger partial charge on any atom is 0.459 e. The minimum atomic E-state index is -3.51. The first-order valence-corrected chi connectivity index (χ1v) is 5.10. The highest BCUT2D eigenvalue weighted by atomic mass is 79.9. The number of ether oxygens (including phenoxy) is 1. The van der Waals surface area contributed by atoms with E-state index < -0.39 is 10.8 Å². The van der Waals surface area contributed by atoms with Gasteiger partial charge in [-0.1, -0.05) is 0 Å². The van der Waals surface area contributed by atoms with Gasteiger partial charge in [0.15, 0.2) is 0 Å². The molecule has 78 valence electrons. The number of halogens is 5. The van der Waals surface area contributed by atoms with Gasteiger partial charge in [-0.25, -0.2) is 4.39 Å². The van der Waals surface area contributed by atoms with Crippen molar-refractivity contribution in [2.24, 2.45) is 0 Å². The van der Waals surface area contributed by atoms with E-state index in [1.54, 1.807) is 0 Å². The van der Waals surface area contributed by atoms with E-state index in [0.717, 1.165) is 0 Å². The number of rotatable bonds is 2. The SMILES string of the molecule is Cc1c(F)ccc(Br)c1OC(F)(F)Br. The first-order valence-electron chi connectivity index (χ1n) is 3.51. The zero-order valence-corrected chi connectivity index (χ0v) is 10.1. The lowest BCUT2D eigenvalue weighted by Gasteiger charge is -2.14. The Morgan fingerprint density at radius 3 is 2.43 bits per heavy atom. The zero-order chi connectivity index (χ0) is 10.9. The Balaban J connectivity index is 3.13. The predicted octanol–water partition coefficient (Wildman–Crippen LogP) is 4.22. The molecular weight excluding hydrogens is 329 g/mol. The zero-order valence-electron chi connectivity index (χ0n) is 6.95. The van der Waals surface area contributed by atoms with E-state index in [-0.39, 0.29) is 15.8 Å². The highest BCUT2D eigenvalue weighted by Gasteiger charge is 2.29. The van der Waals surface area contributed by atoms with Gasteiger partial charge in [-0.3, -0.25) is 0 Å². The summed E-state index contributed by atoms with van der Waals surface area (Å²) in [7, 11) is 0. The Labute approximate surface area is 95.5 Å². The standard InChI is InChI=1S/C8H5Br2F3O/c1-4-6(11)3-2-5(9)7(4)14-8(10,12)13/h2-3H,1H3. The molecule has 0 aliphatic carbocycles. The summed E-state index contributed by atoms with van der Waals surface area (Å²) in [4.78, 5) is 0. The molecule has 6 heteroatoms. The fourth-order valence-corrected chi connectivity index (χ4v) is 1.55. The van der Waals surface area contributed by atoms with Gasteiger partial charge < -0.3 is 4.74 Å². The molecule has 0 aliphatic heterocycles. The van der Waals surface area contributed by atoms with E-state index in [2.05, 4.69) is 20.7 Å². The van der Waals surface area contributed by atoms with Crippen LogP contribution in [0.4, 0.5) is 13.2 Å². The normalized spacial score (nSPS) is 11.6. The minimum absolute atomic E-state index is 0.0264. The van der Waals surface area contributed by atoms with Crippen LogP contribution in [-0.4, -0.2) is 5.02 Å². The molecule has 0 bridgehead atoms. The van der Waals surface area contributed by atoms with Gasteiger partial charge in [-0.05, 0) is 35.0 Å². The number of hydrogen-bond donors (Lipinski definition) is 0. The largest absolute Gasteiger partial charge is 0.459 e. The van der Waals surface area contributed by atoms with Crippen LogP contribution in [0, 0.1) is 12.7 Å². The monoisotopic (exact) mass is 332 g/mol. The first kappa shape index (κ1) is 11.8. The van der Waals surface area contributed by atoms with Crippen LogP contribution in [-0.2, 0) is 0 Å². The molecule has 1 aromatic rings. The maximum absolute atomic E-state index is 13.0. The Morgan fingerprint density at radius 2 is 1.93 bits per heavy atom. The van der Waals surface area contributed by atoms with Crippen molar-refractivity contribution in [3.8, 4) is 5.75 Å². The minimum Gasteiger partial charge on any atom is -0.422 e. The van der Waals surface area contributed by atoms with Crippen LogP contribution < -0.4 is 4.74 Å². The van der Waals surface area contributed by atoms with Gasteiger partial charge in [0, 0.05) is 21.5 Å². The summed E-state index contributed by atoms with van der Waals surface area (Å²) in [6, 6.07) is 2.47. The molecule has 0 saturated carbocycles. The lowest BCUT2D eigenvalue weighted by molar-refractivity contribution is -0.0813. The molecule has 0 radical (unpaired) electrons. The van der Waals surface area contributed by atoms with Crippen LogP contribution in [0.3, 0.4) is 0 Å². The highest BCUT2D eigenvalue weighted by molar-refractivity contribution is 9.10. The highest BCUT2D eigenvalue weighted by Crippen LogP contribution is 2.36. The third kappa shape index (κ3) is 2.88. The molecule has 0 saturated heterocycles. The average molecular weight is 334 g/mol. The van der Waals surface area contributed by atoms with Crippen LogP contribution in [0.5, 0.6) is 5.75 Å². The summed E-state index contributed by atoms with van der Waals surface area (Å²) in [6.07, 6.45) is 0. The second-order valence-corrected chi connectivity index (χ2v) is 4.31. The van der Waals surface area contributed by atoms with Gasteiger partial charge in [-0.15, -0.1) is 0 Å². The van der Waals surface area contributed by atoms with Crippen LogP contribution in [0.25, 0.3) is 0 Å².